The van der Waals surface area contributed by atoms with Crippen molar-refractivity contribution >= 4 is 0 Å². The predicted octanol–water partition coefficient (Wildman–Crippen LogP) is -0.608. The van der Waals surface area contributed by atoms with E-state index in [0.29, 0.717) is 5.92 Å². The molecule has 0 radical (unpaired) electrons. The molecule has 0 aromatic heterocycles. The smallest absolute Gasteiger partial charge is 0.0640 e. The van der Waals surface area contributed by atoms with Gasteiger partial charge in [0.2, 0.25) is 0 Å². The minimum absolute atomic E-state index is 0.232. The molecule has 0 bridgehead atoms. The Kier molecular flexibility index (Phi) is 1.75. The van der Waals surface area contributed by atoms with Gasteiger partial charge in [-0.3, -0.25) is 0 Å². The van der Waals surface area contributed by atoms with E-state index in [2.05, 4.69) is 0 Å². The first kappa shape index (κ1) is 6.99. The van der Waals surface area contributed by atoms with Crippen molar-refractivity contribution in [3.8, 4) is 0 Å². The SMILES string of the molecule is NC1(N)CCC(CO)C1. The number of nitrogens with two attached hydrogens (primary N) is 2. The van der Waals surface area contributed by atoms with Gasteiger partial charge in [0, 0.05) is 6.61 Å². The summed E-state index contributed by atoms with van der Waals surface area (Å²) < 4.78 is 0. The maximum atomic E-state index is 8.69. The van der Waals surface area contributed by atoms with Gasteiger partial charge in [0.25, 0.3) is 0 Å². The predicted molar refractivity (Wildman–Crippen MR) is 35.5 cm³/mol. The summed E-state index contributed by atoms with van der Waals surface area (Å²) in [5, 5.41) is 8.69. The van der Waals surface area contributed by atoms with Crippen LogP contribution >= 0.6 is 0 Å². The van der Waals surface area contributed by atoms with E-state index in [1.165, 1.54) is 0 Å². The number of hydrogen-bond donors (Lipinski definition) is 3. The normalized spacial score (nSPS) is 33.0. The fourth-order valence-electron chi connectivity index (χ4n) is 1.37. The molecule has 1 aliphatic carbocycles. The highest BCUT2D eigenvalue weighted by Crippen LogP contribution is 2.27. The summed E-state index contributed by atoms with van der Waals surface area (Å²) in [4.78, 5) is 0. The van der Waals surface area contributed by atoms with Gasteiger partial charge in [0.05, 0.1) is 5.66 Å². The first-order chi connectivity index (χ1) is 4.14. The fraction of sp³-hybridized carbons (Fsp3) is 1.00. The van der Waals surface area contributed by atoms with Crippen LogP contribution in [0.4, 0.5) is 0 Å². The minimum atomic E-state index is -0.493. The van der Waals surface area contributed by atoms with Gasteiger partial charge in [0.1, 0.15) is 0 Å². The molecule has 3 nitrogen and oxygen atoms in total. The summed E-state index contributed by atoms with van der Waals surface area (Å²) in [5.41, 5.74) is 10.7. The van der Waals surface area contributed by atoms with Gasteiger partial charge in [-0.05, 0) is 25.2 Å². The average Bonchev–Trinajstić information content (AvgIpc) is 2.10. The van der Waals surface area contributed by atoms with E-state index >= 15 is 0 Å². The van der Waals surface area contributed by atoms with Crippen LogP contribution in [0, 0.1) is 5.92 Å². The fourth-order valence-corrected chi connectivity index (χ4v) is 1.37. The van der Waals surface area contributed by atoms with Crippen LogP contribution in [0.15, 0.2) is 0 Å². The van der Waals surface area contributed by atoms with Crippen molar-refractivity contribution in [1.82, 2.24) is 0 Å². The van der Waals surface area contributed by atoms with Crippen LogP contribution in [0.3, 0.4) is 0 Å². The van der Waals surface area contributed by atoms with Gasteiger partial charge in [0.15, 0.2) is 0 Å². The Morgan fingerprint density at radius 1 is 1.56 bits per heavy atom. The molecule has 0 amide bonds. The molecule has 1 atom stereocenters. The summed E-state index contributed by atoms with van der Waals surface area (Å²) >= 11 is 0. The van der Waals surface area contributed by atoms with E-state index in [0.717, 1.165) is 19.3 Å². The van der Waals surface area contributed by atoms with E-state index in [-0.39, 0.29) is 6.61 Å². The highest BCUT2D eigenvalue weighted by atomic mass is 16.3. The third-order valence-electron chi connectivity index (χ3n) is 1.94. The summed E-state index contributed by atoms with van der Waals surface area (Å²) in [6.45, 7) is 0.232. The monoisotopic (exact) mass is 130 g/mol. The largest absolute Gasteiger partial charge is 0.396 e. The van der Waals surface area contributed by atoms with Crippen LogP contribution in [0.5, 0.6) is 0 Å². The summed E-state index contributed by atoms with van der Waals surface area (Å²) in [5.74, 6) is 0.347. The molecule has 3 heteroatoms. The van der Waals surface area contributed by atoms with Crippen LogP contribution in [-0.2, 0) is 0 Å². The van der Waals surface area contributed by atoms with Crippen molar-refractivity contribution in [2.45, 2.75) is 24.9 Å². The number of hydrogen-bond acceptors (Lipinski definition) is 3. The molecule has 5 N–H and O–H groups in total. The highest BCUT2D eigenvalue weighted by molar-refractivity contribution is 4.87. The van der Waals surface area contributed by atoms with E-state index < -0.39 is 5.66 Å². The molecular weight excluding hydrogens is 116 g/mol. The van der Waals surface area contributed by atoms with Gasteiger partial charge in [-0.15, -0.1) is 0 Å². The molecule has 1 unspecified atom stereocenters. The molecule has 1 aliphatic rings. The molecule has 0 heterocycles. The van der Waals surface area contributed by atoms with E-state index in [1.807, 2.05) is 0 Å². The lowest BCUT2D eigenvalue weighted by Crippen LogP contribution is -2.46. The van der Waals surface area contributed by atoms with Crippen LogP contribution in [-0.4, -0.2) is 17.4 Å². The van der Waals surface area contributed by atoms with Crippen LogP contribution in [0.25, 0.3) is 0 Å². The van der Waals surface area contributed by atoms with Gasteiger partial charge < -0.3 is 16.6 Å². The third-order valence-corrected chi connectivity index (χ3v) is 1.94. The minimum Gasteiger partial charge on any atom is -0.396 e. The first-order valence-corrected chi connectivity index (χ1v) is 3.33. The number of aliphatic hydroxyl groups is 1. The van der Waals surface area contributed by atoms with Crippen molar-refractivity contribution in [2.24, 2.45) is 17.4 Å². The molecular formula is C6H14N2O. The van der Waals surface area contributed by atoms with Crippen LogP contribution in [0.1, 0.15) is 19.3 Å². The maximum absolute atomic E-state index is 8.69. The standard InChI is InChI=1S/C6H14N2O/c7-6(8)2-1-5(3-6)4-9/h5,9H,1-4,7-8H2. The molecule has 1 fully saturated rings. The zero-order valence-electron chi connectivity index (χ0n) is 5.51. The van der Waals surface area contributed by atoms with Gasteiger partial charge in [-0.2, -0.15) is 0 Å². The second-order valence-corrected chi connectivity index (χ2v) is 3.02. The summed E-state index contributed by atoms with van der Waals surface area (Å²) in [7, 11) is 0. The van der Waals surface area contributed by atoms with Crippen molar-refractivity contribution in [3.63, 3.8) is 0 Å². The van der Waals surface area contributed by atoms with Gasteiger partial charge >= 0.3 is 0 Å². The zero-order valence-corrected chi connectivity index (χ0v) is 5.51. The molecule has 0 aromatic carbocycles. The topological polar surface area (TPSA) is 72.3 Å². The lowest BCUT2D eigenvalue weighted by molar-refractivity contribution is 0.223. The first-order valence-electron chi connectivity index (χ1n) is 3.33. The Labute approximate surface area is 55.0 Å². The third kappa shape index (κ3) is 1.64. The molecule has 0 spiro atoms. The molecule has 0 saturated heterocycles. The van der Waals surface area contributed by atoms with E-state index in [1.54, 1.807) is 0 Å². The molecule has 0 aromatic rings. The summed E-state index contributed by atoms with van der Waals surface area (Å²) in [6, 6.07) is 0. The highest BCUT2D eigenvalue weighted by Gasteiger charge is 2.31. The quantitative estimate of drug-likeness (QED) is 0.415. The number of aliphatic hydroxyl groups excluding tert-OH is 1. The van der Waals surface area contributed by atoms with Gasteiger partial charge in [-0.1, -0.05) is 0 Å². The van der Waals surface area contributed by atoms with Crippen molar-refractivity contribution in [1.29, 1.82) is 0 Å². The Hall–Kier alpha value is -0.120. The van der Waals surface area contributed by atoms with Crippen molar-refractivity contribution in [3.05, 3.63) is 0 Å². The van der Waals surface area contributed by atoms with Crippen LogP contribution < -0.4 is 11.5 Å². The average molecular weight is 130 g/mol. The molecule has 9 heavy (non-hydrogen) atoms. The van der Waals surface area contributed by atoms with Gasteiger partial charge in [-0.25, -0.2) is 0 Å². The number of rotatable bonds is 1. The Bertz CT molecular complexity index is 103. The lowest BCUT2D eigenvalue weighted by atomic mass is 10.1. The Morgan fingerprint density at radius 3 is 2.44 bits per heavy atom. The lowest BCUT2D eigenvalue weighted by Gasteiger charge is -2.16. The van der Waals surface area contributed by atoms with Crippen molar-refractivity contribution < 1.29 is 5.11 Å². The van der Waals surface area contributed by atoms with Crippen molar-refractivity contribution in [2.75, 3.05) is 6.61 Å². The molecule has 1 rings (SSSR count). The second-order valence-electron chi connectivity index (χ2n) is 3.02. The van der Waals surface area contributed by atoms with E-state index in [4.69, 9.17) is 16.6 Å². The second kappa shape index (κ2) is 2.25. The van der Waals surface area contributed by atoms with E-state index in [9.17, 15) is 0 Å². The Morgan fingerprint density at radius 2 is 2.22 bits per heavy atom. The Balaban J connectivity index is 2.38. The zero-order chi connectivity index (χ0) is 6.91. The van der Waals surface area contributed by atoms with Crippen LogP contribution in [0.2, 0.25) is 0 Å². The molecule has 0 aliphatic heterocycles. The molecule has 1 saturated carbocycles. The summed E-state index contributed by atoms with van der Waals surface area (Å²) in [6.07, 6.45) is 2.59. The maximum Gasteiger partial charge on any atom is 0.0640 e. The molecule has 54 valence electrons.